The van der Waals surface area contributed by atoms with Crippen LogP contribution in [0.4, 0.5) is 13.2 Å². The topological polar surface area (TPSA) is 49.4 Å². The second kappa shape index (κ2) is 5.61. The average molecular weight is 292 g/mol. The minimum atomic E-state index is -4.32. The van der Waals surface area contributed by atoms with E-state index in [2.05, 4.69) is 5.32 Å². The Labute approximate surface area is 115 Å². The van der Waals surface area contributed by atoms with Gasteiger partial charge in [0.05, 0.1) is 6.42 Å². The number of likely N-dealkylation sites (tertiary alicyclic amines) is 1. The number of rotatable bonds is 3. The summed E-state index contributed by atoms with van der Waals surface area (Å²) in [6.45, 7) is 0.244. The Morgan fingerprint density at radius 2 is 1.85 bits per heavy atom. The van der Waals surface area contributed by atoms with E-state index < -0.39 is 24.6 Å². The van der Waals surface area contributed by atoms with Crippen LogP contribution < -0.4 is 5.32 Å². The smallest absolute Gasteiger partial charge is 0.359 e. The van der Waals surface area contributed by atoms with Gasteiger partial charge in [0.2, 0.25) is 11.8 Å². The molecule has 4 nitrogen and oxygen atoms in total. The summed E-state index contributed by atoms with van der Waals surface area (Å²) >= 11 is 0. The summed E-state index contributed by atoms with van der Waals surface area (Å²) in [6.07, 6.45) is -3.28. The highest BCUT2D eigenvalue weighted by molar-refractivity contribution is 5.82. The summed E-state index contributed by atoms with van der Waals surface area (Å²) in [5.74, 6) is -0.941. The maximum atomic E-state index is 12.7. The minimum absolute atomic E-state index is 0.0949. The number of halogens is 3. The SMILES string of the molecule is CNC(=O)C1CCN(C(=O)C2CC2)C(CC(F)(F)F)C1. The van der Waals surface area contributed by atoms with E-state index in [9.17, 15) is 22.8 Å². The Morgan fingerprint density at radius 3 is 2.35 bits per heavy atom. The van der Waals surface area contributed by atoms with Crippen LogP contribution in [0.3, 0.4) is 0 Å². The number of alkyl halides is 3. The van der Waals surface area contributed by atoms with Crippen molar-refractivity contribution in [3.05, 3.63) is 0 Å². The number of nitrogens with one attached hydrogen (secondary N) is 1. The molecule has 1 saturated carbocycles. The molecule has 0 spiro atoms. The van der Waals surface area contributed by atoms with E-state index in [1.54, 1.807) is 0 Å². The van der Waals surface area contributed by atoms with E-state index in [4.69, 9.17) is 0 Å². The van der Waals surface area contributed by atoms with Crippen molar-refractivity contribution in [2.45, 2.75) is 44.3 Å². The van der Waals surface area contributed by atoms with Gasteiger partial charge in [-0.25, -0.2) is 0 Å². The average Bonchev–Trinajstić information content (AvgIpc) is 3.19. The maximum Gasteiger partial charge on any atom is 0.391 e. The lowest BCUT2D eigenvalue weighted by Gasteiger charge is -2.39. The van der Waals surface area contributed by atoms with Crippen LogP contribution >= 0.6 is 0 Å². The number of nitrogens with zero attached hydrogens (tertiary/aromatic N) is 1. The molecule has 1 N–H and O–H groups in total. The molecule has 2 unspecified atom stereocenters. The highest BCUT2D eigenvalue weighted by atomic mass is 19.4. The predicted molar refractivity (Wildman–Crippen MR) is 65.7 cm³/mol. The molecule has 2 rings (SSSR count). The third kappa shape index (κ3) is 3.64. The lowest BCUT2D eigenvalue weighted by atomic mass is 9.88. The van der Waals surface area contributed by atoms with Crippen LogP contribution in [0.2, 0.25) is 0 Å². The van der Waals surface area contributed by atoms with Gasteiger partial charge in [0.25, 0.3) is 0 Å². The highest BCUT2D eigenvalue weighted by Gasteiger charge is 2.44. The fraction of sp³-hybridized carbons (Fsp3) is 0.846. The fourth-order valence-corrected chi connectivity index (χ4v) is 2.81. The van der Waals surface area contributed by atoms with Gasteiger partial charge in [0.15, 0.2) is 0 Å². The van der Waals surface area contributed by atoms with Crippen molar-refractivity contribution in [1.82, 2.24) is 10.2 Å². The van der Waals surface area contributed by atoms with Crippen LogP contribution in [-0.4, -0.2) is 42.5 Å². The van der Waals surface area contributed by atoms with E-state index in [0.29, 0.717) is 6.42 Å². The Bertz CT molecular complexity index is 394. The fourth-order valence-electron chi connectivity index (χ4n) is 2.81. The Kier molecular flexibility index (Phi) is 4.25. The highest BCUT2D eigenvalue weighted by Crippen LogP contribution is 2.37. The summed E-state index contributed by atoms with van der Waals surface area (Å²) in [5, 5.41) is 2.47. The molecule has 7 heteroatoms. The third-order valence-corrected chi connectivity index (χ3v) is 4.01. The molecule has 114 valence electrons. The normalized spacial score (nSPS) is 27.3. The lowest BCUT2D eigenvalue weighted by molar-refractivity contribution is -0.161. The first-order valence-corrected chi connectivity index (χ1v) is 6.90. The number of carbonyl (C=O) groups is 2. The number of amides is 2. The molecule has 1 saturated heterocycles. The van der Waals surface area contributed by atoms with Crippen LogP contribution in [0.25, 0.3) is 0 Å². The molecule has 1 heterocycles. The molecule has 0 radical (unpaired) electrons. The Balaban J connectivity index is 2.07. The Morgan fingerprint density at radius 1 is 1.20 bits per heavy atom. The van der Waals surface area contributed by atoms with E-state index in [1.807, 2.05) is 0 Å². The van der Waals surface area contributed by atoms with Crippen molar-refractivity contribution in [3.8, 4) is 0 Å². The summed E-state index contributed by atoms with van der Waals surface area (Å²) in [7, 11) is 1.48. The van der Waals surface area contributed by atoms with Crippen LogP contribution in [0, 0.1) is 11.8 Å². The third-order valence-electron chi connectivity index (χ3n) is 4.01. The first kappa shape index (κ1) is 15.1. The lowest BCUT2D eigenvalue weighted by Crippen LogP contribution is -2.50. The molecule has 1 aliphatic carbocycles. The van der Waals surface area contributed by atoms with Gasteiger partial charge in [-0.1, -0.05) is 0 Å². The van der Waals surface area contributed by atoms with Crippen LogP contribution in [0.1, 0.15) is 32.1 Å². The molecule has 0 aromatic carbocycles. The molecule has 1 aliphatic heterocycles. The second-order valence-corrected chi connectivity index (χ2v) is 5.61. The van der Waals surface area contributed by atoms with Crippen molar-refractivity contribution >= 4 is 11.8 Å². The number of carbonyl (C=O) groups excluding carboxylic acids is 2. The van der Waals surface area contributed by atoms with Gasteiger partial charge in [-0.05, 0) is 25.7 Å². The van der Waals surface area contributed by atoms with Crippen molar-refractivity contribution in [3.63, 3.8) is 0 Å². The molecular formula is C13H19F3N2O2. The van der Waals surface area contributed by atoms with Gasteiger partial charge in [-0.2, -0.15) is 13.2 Å². The zero-order valence-corrected chi connectivity index (χ0v) is 11.4. The zero-order valence-electron chi connectivity index (χ0n) is 11.4. The van der Waals surface area contributed by atoms with E-state index >= 15 is 0 Å². The molecule has 2 amide bonds. The quantitative estimate of drug-likeness (QED) is 0.861. The first-order valence-electron chi connectivity index (χ1n) is 6.90. The van der Waals surface area contributed by atoms with E-state index in [1.165, 1.54) is 11.9 Å². The molecule has 2 fully saturated rings. The molecule has 0 aromatic rings. The largest absolute Gasteiger partial charge is 0.391 e. The van der Waals surface area contributed by atoms with Crippen LogP contribution in [0.5, 0.6) is 0 Å². The van der Waals surface area contributed by atoms with Crippen LogP contribution in [0.15, 0.2) is 0 Å². The molecule has 2 aliphatic rings. The van der Waals surface area contributed by atoms with Crippen LogP contribution in [-0.2, 0) is 9.59 Å². The van der Waals surface area contributed by atoms with Gasteiger partial charge in [-0.15, -0.1) is 0 Å². The standard InChI is InChI=1S/C13H19F3N2O2/c1-17-11(19)9-4-5-18(12(20)8-2-3-8)10(6-9)7-13(14,15)16/h8-10H,2-7H2,1H3,(H,17,19). The molecular weight excluding hydrogens is 273 g/mol. The van der Waals surface area contributed by atoms with Gasteiger partial charge in [0, 0.05) is 31.5 Å². The number of hydrogen-bond donors (Lipinski definition) is 1. The number of piperidine rings is 1. The molecule has 2 atom stereocenters. The summed E-state index contributed by atoms with van der Waals surface area (Å²) < 4.78 is 38.0. The van der Waals surface area contributed by atoms with Crippen molar-refractivity contribution in [2.24, 2.45) is 11.8 Å². The predicted octanol–water partition coefficient (Wildman–Crippen LogP) is 1.70. The summed E-state index contributed by atoms with van der Waals surface area (Å²) in [6, 6.07) is -0.904. The molecule has 0 aromatic heterocycles. The molecule has 0 bridgehead atoms. The van der Waals surface area contributed by atoms with Gasteiger partial charge in [-0.3, -0.25) is 9.59 Å². The van der Waals surface area contributed by atoms with Gasteiger partial charge in [0.1, 0.15) is 0 Å². The van der Waals surface area contributed by atoms with Gasteiger partial charge >= 0.3 is 6.18 Å². The minimum Gasteiger partial charge on any atom is -0.359 e. The van der Waals surface area contributed by atoms with Crippen molar-refractivity contribution in [1.29, 1.82) is 0 Å². The Hall–Kier alpha value is -1.27. The maximum absolute atomic E-state index is 12.7. The monoisotopic (exact) mass is 292 g/mol. The summed E-state index contributed by atoms with van der Waals surface area (Å²) in [4.78, 5) is 25.0. The van der Waals surface area contributed by atoms with E-state index in [-0.39, 0.29) is 30.7 Å². The summed E-state index contributed by atoms with van der Waals surface area (Å²) in [5.41, 5.74) is 0. The van der Waals surface area contributed by atoms with Crippen molar-refractivity contribution < 1.29 is 22.8 Å². The second-order valence-electron chi connectivity index (χ2n) is 5.61. The van der Waals surface area contributed by atoms with Crippen molar-refractivity contribution in [2.75, 3.05) is 13.6 Å². The van der Waals surface area contributed by atoms with E-state index in [0.717, 1.165) is 12.8 Å². The first-order chi connectivity index (χ1) is 9.31. The molecule has 20 heavy (non-hydrogen) atoms. The number of hydrogen-bond acceptors (Lipinski definition) is 2. The zero-order chi connectivity index (χ0) is 14.9. The van der Waals surface area contributed by atoms with Gasteiger partial charge < -0.3 is 10.2 Å².